The minimum absolute atomic E-state index is 0.323. The Morgan fingerprint density at radius 2 is 1.17 bits per heavy atom. The highest BCUT2D eigenvalue weighted by molar-refractivity contribution is 4.95. The lowest BCUT2D eigenvalue weighted by molar-refractivity contribution is -0.00389. The smallest absolute Gasteiger partial charge is 0.0594 e. The fourth-order valence-corrected chi connectivity index (χ4v) is 3.08. The standard InChI is InChI=1S/C9H18.C8H18N2.C8H17NO/c1-8(2)6-7-9(3,4)5;1-8(2,3)10-6-4-9-5-7-10;1-8(2,3)9-4-6-10-7-5-9/h6H,7H2,1-5H3;9H,4-7H2,1-3H3;4-7H2,1-3H3. The van der Waals surface area contributed by atoms with E-state index in [1.165, 1.54) is 25.1 Å². The maximum Gasteiger partial charge on any atom is 0.0594 e. The van der Waals surface area contributed by atoms with E-state index < -0.39 is 0 Å². The number of hydrogen-bond donors (Lipinski definition) is 1. The highest BCUT2D eigenvalue weighted by atomic mass is 16.5. The van der Waals surface area contributed by atoms with Crippen molar-refractivity contribution in [2.24, 2.45) is 5.41 Å². The van der Waals surface area contributed by atoms with Gasteiger partial charge in [0.25, 0.3) is 0 Å². The molecule has 0 aromatic carbocycles. The second-order valence-corrected chi connectivity index (χ2v) is 11.7. The van der Waals surface area contributed by atoms with E-state index >= 15 is 0 Å². The number of hydrogen-bond acceptors (Lipinski definition) is 4. The molecule has 0 spiro atoms. The van der Waals surface area contributed by atoms with Crippen LogP contribution < -0.4 is 5.32 Å². The van der Waals surface area contributed by atoms with Crippen molar-refractivity contribution in [3.05, 3.63) is 11.6 Å². The third-order valence-electron chi connectivity index (χ3n) is 5.15. The maximum atomic E-state index is 5.25. The van der Waals surface area contributed by atoms with Crippen molar-refractivity contribution in [1.82, 2.24) is 15.1 Å². The van der Waals surface area contributed by atoms with E-state index in [0.29, 0.717) is 16.5 Å². The van der Waals surface area contributed by atoms with Crippen molar-refractivity contribution in [3.63, 3.8) is 0 Å². The van der Waals surface area contributed by atoms with Crippen LogP contribution in [0.3, 0.4) is 0 Å². The molecule has 0 aromatic heterocycles. The topological polar surface area (TPSA) is 27.7 Å². The summed E-state index contributed by atoms with van der Waals surface area (Å²) in [7, 11) is 0. The Bertz CT molecular complexity index is 408. The summed E-state index contributed by atoms with van der Waals surface area (Å²) in [6.45, 7) is 33.3. The Balaban J connectivity index is 0.000000407. The molecule has 0 radical (unpaired) electrons. The first-order valence-corrected chi connectivity index (χ1v) is 11.5. The Labute approximate surface area is 183 Å². The first-order chi connectivity index (χ1) is 13.1. The van der Waals surface area contributed by atoms with Gasteiger partial charge in [-0.2, -0.15) is 0 Å². The van der Waals surface area contributed by atoms with E-state index in [4.69, 9.17) is 4.74 Å². The van der Waals surface area contributed by atoms with Crippen LogP contribution in [0, 0.1) is 5.41 Å². The molecule has 0 atom stereocenters. The predicted molar refractivity (Wildman–Crippen MR) is 130 cm³/mol. The van der Waals surface area contributed by atoms with Crippen LogP contribution in [-0.2, 0) is 4.74 Å². The van der Waals surface area contributed by atoms with Crippen LogP contribution in [0.4, 0.5) is 0 Å². The van der Waals surface area contributed by atoms with Crippen molar-refractivity contribution in [2.75, 3.05) is 52.5 Å². The van der Waals surface area contributed by atoms with Gasteiger partial charge in [0.2, 0.25) is 0 Å². The highest BCUT2D eigenvalue weighted by Crippen LogP contribution is 2.19. The number of rotatable bonds is 1. The Kier molecular flexibility index (Phi) is 12.9. The fraction of sp³-hybridized carbons (Fsp3) is 0.920. The normalized spacial score (nSPS) is 19.4. The molecule has 0 unspecified atom stereocenters. The SMILES string of the molecule is CC(C)(C)N1CCNCC1.CC(C)(C)N1CCOCC1.CC(C)=CCC(C)(C)C. The first kappa shape index (κ1) is 28.6. The zero-order valence-corrected chi connectivity index (χ0v) is 21.7. The van der Waals surface area contributed by atoms with Crippen molar-refractivity contribution in [3.8, 4) is 0 Å². The molecule has 4 nitrogen and oxygen atoms in total. The highest BCUT2D eigenvalue weighted by Gasteiger charge is 2.23. The fourth-order valence-electron chi connectivity index (χ4n) is 3.08. The van der Waals surface area contributed by atoms with E-state index in [-0.39, 0.29) is 0 Å². The van der Waals surface area contributed by atoms with E-state index in [9.17, 15) is 0 Å². The van der Waals surface area contributed by atoms with Crippen molar-refractivity contribution >= 4 is 0 Å². The monoisotopic (exact) mass is 411 g/mol. The summed E-state index contributed by atoms with van der Waals surface area (Å²) in [5.41, 5.74) is 2.56. The molecular formula is C25H53N3O. The number of piperazine rings is 1. The molecule has 2 aliphatic rings. The molecule has 0 aliphatic carbocycles. The van der Waals surface area contributed by atoms with Crippen molar-refractivity contribution in [2.45, 2.75) is 93.7 Å². The van der Waals surface area contributed by atoms with Gasteiger partial charge in [-0.3, -0.25) is 9.80 Å². The van der Waals surface area contributed by atoms with Crippen LogP contribution in [0.2, 0.25) is 0 Å². The molecule has 2 fully saturated rings. The summed E-state index contributed by atoms with van der Waals surface area (Å²) in [4.78, 5) is 4.97. The van der Waals surface area contributed by atoms with Crippen LogP contribution in [0.15, 0.2) is 11.6 Å². The molecule has 0 amide bonds. The minimum Gasteiger partial charge on any atom is -0.379 e. The lowest BCUT2D eigenvalue weighted by Crippen LogP contribution is -2.51. The second kappa shape index (κ2) is 13.1. The molecule has 1 N–H and O–H groups in total. The predicted octanol–water partition coefficient (Wildman–Crippen LogP) is 5.20. The Hall–Kier alpha value is -0.420. The molecule has 2 heterocycles. The zero-order chi connectivity index (χ0) is 22.7. The molecule has 0 aromatic rings. The van der Waals surface area contributed by atoms with E-state index in [1.54, 1.807) is 0 Å². The van der Waals surface area contributed by atoms with Crippen molar-refractivity contribution < 1.29 is 4.74 Å². The lowest BCUT2D eigenvalue weighted by Gasteiger charge is -2.38. The van der Waals surface area contributed by atoms with Gasteiger partial charge in [0.15, 0.2) is 0 Å². The molecule has 2 saturated heterocycles. The summed E-state index contributed by atoms with van der Waals surface area (Å²) in [6, 6.07) is 0. The molecule has 29 heavy (non-hydrogen) atoms. The Morgan fingerprint density at radius 1 is 0.759 bits per heavy atom. The van der Waals surface area contributed by atoms with Gasteiger partial charge in [-0.25, -0.2) is 0 Å². The van der Waals surface area contributed by atoms with Gasteiger partial charge < -0.3 is 10.1 Å². The largest absolute Gasteiger partial charge is 0.379 e. The minimum atomic E-state index is 0.323. The molecule has 2 aliphatic heterocycles. The molecular weight excluding hydrogens is 358 g/mol. The molecule has 4 heteroatoms. The van der Waals surface area contributed by atoms with Gasteiger partial charge in [-0.15, -0.1) is 0 Å². The van der Waals surface area contributed by atoms with Crippen LogP contribution >= 0.6 is 0 Å². The molecule has 174 valence electrons. The lowest BCUT2D eigenvalue weighted by atomic mass is 9.91. The van der Waals surface area contributed by atoms with Gasteiger partial charge in [-0.1, -0.05) is 32.4 Å². The first-order valence-electron chi connectivity index (χ1n) is 11.5. The summed E-state index contributed by atoms with van der Waals surface area (Å²) in [5.74, 6) is 0. The average Bonchev–Trinajstić information content (AvgIpc) is 2.61. The zero-order valence-electron chi connectivity index (χ0n) is 21.7. The quantitative estimate of drug-likeness (QED) is 0.601. The Morgan fingerprint density at radius 3 is 1.41 bits per heavy atom. The molecule has 0 bridgehead atoms. The van der Waals surface area contributed by atoms with Gasteiger partial charge in [0.05, 0.1) is 13.2 Å². The summed E-state index contributed by atoms with van der Waals surface area (Å²) in [6.07, 6.45) is 3.48. The van der Waals surface area contributed by atoms with Crippen molar-refractivity contribution in [1.29, 1.82) is 0 Å². The van der Waals surface area contributed by atoms with Gasteiger partial charge in [0.1, 0.15) is 0 Å². The van der Waals surface area contributed by atoms with Crippen LogP contribution in [0.25, 0.3) is 0 Å². The van der Waals surface area contributed by atoms with Gasteiger partial charge >= 0.3 is 0 Å². The second-order valence-electron chi connectivity index (χ2n) is 11.7. The average molecular weight is 412 g/mol. The molecule has 2 rings (SSSR count). The summed E-state index contributed by atoms with van der Waals surface area (Å²) < 4.78 is 5.25. The van der Waals surface area contributed by atoms with Gasteiger partial charge in [-0.05, 0) is 67.2 Å². The van der Waals surface area contributed by atoms with E-state index in [0.717, 1.165) is 39.4 Å². The summed E-state index contributed by atoms with van der Waals surface area (Å²) in [5, 5.41) is 3.35. The van der Waals surface area contributed by atoms with Crippen LogP contribution in [-0.4, -0.2) is 73.4 Å². The number of ether oxygens (including phenoxy) is 1. The molecule has 0 saturated carbocycles. The number of morpholine rings is 1. The van der Waals surface area contributed by atoms with Gasteiger partial charge in [0, 0.05) is 50.3 Å². The van der Waals surface area contributed by atoms with Crippen LogP contribution in [0.1, 0.15) is 82.6 Å². The maximum absolute atomic E-state index is 5.25. The third kappa shape index (κ3) is 16.0. The van der Waals surface area contributed by atoms with Crippen LogP contribution in [0.5, 0.6) is 0 Å². The van der Waals surface area contributed by atoms with E-state index in [2.05, 4.69) is 97.4 Å². The number of allylic oxidation sites excluding steroid dienone is 2. The number of nitrogens with one attached hydrogen (secondary N) is 1. The summed E-state index contributed by atoms with van der Waals surface area (Å²) >= 11 is 0. The number of nitrogens with zero attached hydrogens (tertiary/aromatic N) is 2. The van der Waals surface area contributed by atoms with E-state index in [1.807, 2.05) is 0 Å². The third-order valence-corrected chi connectivity index (χ3v) is 5.15.